The summed E-state index contributed by atoms with van der Waals surface area (Å²) < 4.78 is 43.5. The van der Waals surface area contributed by atoms with Crippen LogP contribution in [0, 0.1) is 5.82 Å². The lowest BCUT2D eigenvalue weighted by atomic mass is 9.87. The maximum atomic E-state index is 14.5. The Morgan fingerprint density at radius 1 is 0.957 bits per heavy atom. The Bertz CT molecular complexity index is 1400. The van der Waals surface area contributed by atoms with E-state index in [1.807, 2.05) is 48.5 Å². The van der Waals surface area contributed by atoms with E-state index in [4.69, 9.17) is 23.7 Å². The van der Waals surface area contributed by atoms with Crippen LogP contribution < -0.4 is 19.5 Å². The van der Waals surface area contributed by atoms with Crippen LogP contribution in [0.15, 0.2) is 66.7 Å². The second-order valence-corrected chi connectivity index (χ2v) is 11.0. The van der Waals surface area contributed by atoms with Crippen molar-refractivity contribution in [2.24, 2.45) is 0 Å². The topological polar surface area (TPSA) is 116 Å². The summed E-state index contributed by atoms with van der Waals surface area (Å²) in [5, 5.41) is 12.3. The molecule has 3 aromatic rings. The third-order valence-electron chi connectivity index (χ3n) is 7.79. The second-order valence-electron chi connectivity index (χ2n) is 11.0. The van der Waals surface area contributed by atoms with Gasteiger partial charge >= 0.3 is 6.09 Å². The van der Waals surface area contributed by atoms with Crippen molar-refractivity contribution in [1.82, 2.24) is 10.2 Å². The van der Waals surface area contributed by atoms with Crippen LogP contribution in [0.3, 0.4) is 0 Å². The van der Waals surface area contributed by atoms with Gasteiger partial charge in [0.25, 0.3) is 0 Å². The highest BCUT2D eigenvalue weighted by Gasteiger charge is 2.33. The van der Waals surface area contributed by atoms with Crippen molar-refractivity contribution in [2.75, 3.05) is 53.2 Å². The van der Waals surface area contributed by atoms with Crippen LogP contribution in [-0.2, 0) is 27.3 Å². The molecule has 0 radical (unpaired) electrons. The number of amides is 2. The number of halogens is 1. The van der Waals surface area contributed by atoms with E-state index in [1.54, 1.807) is 19.2 Å². The van der Waals surface area contributed by atoms with E-state index < -0.39 is 11.9 Å². The van der Waals surface area contributed by atoms with Gasteiger partial charge < -0.3 is 39.0 Å². The molecule has 2 atom stereocenters. The normalized spacial score (nSPS) is 16.1. The molecule has 1 aliphatic rings. The van der Waals surface area contributed by atoms with Crippen molar-refractivity contribution in [2.45, 2.75) is 44.8 Å². The highest BCUT2D eigenvalue weighted by Crippen LogP contribution is 2.32. The first kappa shape index (κ1) is 34.5. The maximum absolute atomic E-state index is 14.5. The Balaban J connectivity index is 1.25. The van der Waals surface area contributed by atoms with Gasteiger partial charge in [-0.2, -0.15) is 0 Å². The quantitative estimate of drug-likeness (QED) is 0.188. The number of carbonyl (C=O) groups is 2. The van der Waals surface area contributed by atoms with Gasteiger partial charge in [-0.25, -0.2) is 9.18 Å². The molecule has 1 fully saturated rings. The minimum Gasteiger partial charge on any atom is -0.496 e. The molecule has 1 saturated heterocycles. The number of nitrogens with zero attached hydrogens (tertiary/aromatic N) is 1. The van der Waals surface area contributed by atoms with E-state index in [0.29, 0.717) is 50.6 Å². The molecule has 10 nitrogen and oxygen atoms in total. The molecular formula is C35H43FN2O8. The SMILES string of the molecule is COc1ccccc1COCCCOc1ccc(C2CCN(C(=O)O)CC2OCCOc2cccc(F)c2CCNC(C)=O)cc1. The number of carboxylic acid groups (broad SMARTS) is 1. The predicted molar refractivity (Wildman–Crippen MR) is 170 cm³/mol. The average molecular weight is 639 g/mol. The Morgan fingerprint density at radius 2 is 1.74 bits per heavy atom. The van der Waals surface area contributed by atoms with Crippen LogP contribution in [0.25, 0.3) is 0 Å². The van der Waals surface area contributed by atoms with Crippen LogP contribution in [0.4, 0.5) is 9.18 Å². The number of methoxy groups -OCH3 is 1. The second kappa shape index (κ2) is 18.0. The number of rotatable bonds is 17. The summed E-state index contributed by atoms with van der Waals surface area (Å²) in [4.78, 5) is 24.3. The average Bonchev–Trinajstić information content (AvgIpc) is 3.06. The van der Waals surface area contributed by atoms with Crippen molar-refractivity contribution >= 4 is 12.0 Å². The number of carbonyl (C=O) groups excluding carboxylic acids is 1. The number of para-hydroxylation sites is 1. The van der Waals surface area contributed by atoms with Gasteiger partial charge in [-0.3, -0.25) is 4.79 Å². The molecule has 248 valence electrons. The predicted octanol–water partition coefficient (Wildman–Crippen LogP) is 5.43. The van der Waals surface area contributed by atoms with Crippen molar-refractivity contribution < 1.29 is 42.8 Å². The van der Waals surface area contributed by atoms with Gasteiger partial charge in [0.15, 0.2) is 0 Å². The zero-order chi connectivity index (χ0) is 32.7. The summed E-state index contributed by atoms with van der Waals surface area (Å²) in [5.41, 5.74) is 2.42. The summed E-state index contributed by atoms with van der Waals surface area (Å²) in [6, 6.07) is 20.2. The maximum Gasteiger partial charge on any atom is 0.407 e. The van der Waals surface area contributed by atoms with Gasteiger partial charge in [0.05, 0.1) is 46.2 Å². The zero-order valence-electron chi connectivity index (χ0n) is 26.4. The van der Waals surface area contributed by atoms with E-state index in [2.05, 4.69) is 5.32 Å². The first-order chi connectivity index (χ1) is 22.4. The number of hydrogen-bond acceptors (Lipinski definition) is 7. The lowest BCUT2D eigenvalue weighted by Gasteiger charge is -2.37. The first-order valence-corrected chi connectivity index (χ1v) is 15.5. The zero-order valence-corrected chi connectivity index (χ0v) is 26.4. The Kier molecular flexibility index (Phi) is 13.5. The molecule has 2 unspecified atom stereocenters. The van der Waals surface area contributed by atoms with Gasteiger partial charge in [-0.05, 0) is 48.7 Å². The Morgan fingerprint density at radius 3 is 2.50 bits per heavy atom. The van der Waals surface area contributed by atoms with Crippen LogP contribution in [0.2, 0.25) is 0 Å². The molecule has 1 heterocycles. The highest BCUT2D eigenvalue weighted by molar-refractivity contribution is 5.72. The molecule has 0 bridgehead atoms. The molecule has 2 amide bonds. The number of benzene rings is 3. The van der Waals surface area contributed by atoms with Crippen molar-refractivity contribution in [3.05, 3.63) is 89.2 Å². The van der Waals surface area contributed by atoms with E-state index in [1.165, 1.54) is 17.9 Å². The van der Waals surface area contributed by atoms with E-state index in [-0.39, 0.29) is 44.1 Å². The van der Waals surface area contributed by atoms with E-state index in [0.717, 1.165) is 29.0 Å². The molecule has 46 heavy (non-hydrogen) atoms. The van der Waals surface area contributed by atoms with Crippen LogP contribution in [-0.4, -0.2) is 81.3 Å². The molecule has 0 aromatic heterocycles. The largest absolute Gasteiger partial charge is 0.496 e. The fourth-order valence-electron chi connectivity index (χ4n) is 5.44. The first-order valence-electron chi connectivity index (χ1n) is 15.5. The van der Waals surface area contributed by atoms with Gasteiger partial charge in [-0.1, -0.05) is 36.4 Å². The lowest BCUT2D eigenvalue weighted by Crippen LogP contribution is -2.46. The molecule has 0 saturated carbocycles. The number of likely N-dealkylation sites (tertiary alicyclic amines) is 1. The van der Waals surface area contributed by atoms with Gasteiger partial charge in [0, 0.05) is 43.5 Å². The third-order valence-corrected chi connectivity index (χ3v) is 7.79. The van der Waals surface area contributed by atoms with Crippen molar-refractivity contribution in [3.63, 3.8) is 0 Å². The summed E-state index contributed by atoms with van der Waals surface area (Å²) >= 11 is 0. The summed E-state index contributed by atoms with van der Waals surface area (Å²) in [7, 11) is 1.64. The van der Waals surface area contributed by atoms with Crippen LogP contribution in [0.5, 0.6) is 17.2 Å². The van der Waals surface area contributed by atoms with E-state index in [9.17, 15) is 19.1 Å². The number of piperidine rings is 1. The lowest BCUT2D eigenvalue weighted by molar-refractivity contribution is -0.118. The van der Waals surface area contributed by atoms with Gasteiger partial charge in [0.1, 0.15) is 29.7 Å². The molecule has 11 heteroatoms. The minimum absolute atomic E-state index is 0.0181. The van der Waals surface area contributed by atoms with E-state index >= 15 is 0 Å². The summed E-state index contributed by atoms with van der Waals surface area (Å²) in [6.07, 6.45) is 0.265. The Labute approximate surface area is 269 Å². The molecule has 2 N–H and O–H groups in total. The number of ether oxygens (including phenoxy) is 5. The standard InChI is InChI=1S/C35H43FN2O8/c1-25(39)37-17-15-30-31(36)8-5-10-33(30)45-21-22-46-34-23-38(35(40)41)18-16-29(34)26-11-13-28(14-12-26)44-20-6-19-43-24-27-7-3-4-9-32(27)42-2/h3-5,7-14,29,34H,6,15-24H2,1-2H3,(H,37,39)(H,40,41). The minimum atomic E-state index is -0.984. The molecule has 4 rings (SSSR count). The fourth-order valence-corrected chi connectivity index (χ4v) is 5.44. The fraction of sp³-hybridized carbons (Fsp3) is 0.429. The molecule has 0 spiro atoms. The third kappa shape index (κ3) is 10.3. The molecule has 0 aliphatic carbocycles. The molecular weight excluding hydrogens is 595 g/mol. The monoisotopic (exact) mass is 638 g/mol. The molecule has 3 aromatic carbocycles. The Hall–Kier alpha value is -4.35. The number of hydrogen-bond donors (Lipinski definition) is 2. The highest BCUT2D eigenvalue weighted by atomic mass is 19.1. The van der Waals surface area contributed by atoms with Crippen LogP contribution in [0.1, 0.15) is 42.4 Å². The summed E-state index contributed by atoms with van der Waals surface area (Å²) in [5.74, 6) is 1.33. The van der Waals surface area contributed by atoms with Gasteiger partial charge in [0.2, 0.25) is 5.91 Å². The molecule has 1 aliphatic heterocycles. The number of nitrogens with one attached hydrogen (secondary N) is 1. The van der Waals surface area contributed by atoms with Crippen molar-refractivity contribution in [3.8, 4) is 17.2 Å². The smallest absolute Gasteiger partial charge is 0.407 e. The van der Waals surface area contributed by atoms with Crippen molar-refractivity contribution in [1.29, 1.82) is 0 Å². The van der Waals surface area contributed by atoms with Gasteiger partial charge in [-0.15, -0.1) is 0 Å². The summed E-state index contributed by atoms with van der Waals surface area (Å²) in [6.45, 7) is 4.22. The van der Waals surface area contributed by atoms with Crippen LogP contribution >= 0.6 is 0 Å².